The maximum absolute atomic E-state index is 5.83. The van der Waals surface area contributed by atoms with Crippen molar-refractivity contribution in [3.05, 3.63) is 45.9 Å². The molecule has 0 fully saturated rings. The molecular weight excluding hydrogens is 324 g/mol. The molecule has 0 saturated carbocycles. The Labute approximate surface area is 134 Å². The van der Waals surface area contributed by atoms with Crippen molar-refractivity contribution in [2.75, 3.05) is 0 Å². The fourth-order valence-electron chi connectivity index (χ4n) is 1.85. The third-order valence-corrected chi connectivity index (χ3v) is 5.42. The zero-order valence-electron chi connectivity index (χ0n) is 11.4. The molecule has 0 bridgehead atoms. The molecule has 0 N–H and O–H groups in total. The van der Waals surface area contributed by atoms with Gasteiger partial charge in [0.1, 0.15) is 17.8 Å². The molecule has 0 atom stereocenters. The molecule has 0 aliphatic rings. The van der Waals surface area contributed by atoms with E-state index in [4.69, 9.17) is 11.6 Å². The molecule has 7 heteroatoms. The van der Waals surface area contributed by atoms with Crippen molar-refractivity contribution in [1.29, 1.82) is 0 Å². The van der Waals surface area contributed by atoms with Crippen LogP contribution in [0.15, 0.2) is 29.6 Å². The van der Waals surface area contributed by atoms with E-state index in [0.29, 0.717) is 5.15 Å². The zero-order valence-corrected chi connectivity index (χ0v) is 13.8. The third kappa shape index (κ3) is 2.88. The number of thiophene rings is 2. The van der Waals surface area contributed by atoms with Gasteiger partial charge < -0.3 is 0 Å². The zero-order chi connectivity index (χ0) is 14.8. The molecule has 4 heterocycles. The fraction of sp³-hybridized carbons (Fsp3) is 0.143. The van der Waals surface area contributed by atoms with Crippen LogP contribution >= 0.6 is 34.3 Å². The fourth-order valence-corrected chi connectivity index (χ4v) is 3.86. The van der Waals surface area contributed by atoms with E-state index in [-0.39, 0.29) is 0 Å². The molecule has 0 spiro atoms. The SMILES string of the molecule is Cc1csc2c(Cl)ncnc12.Cc1csc2cncnc12. The van der Waals surface area contributed by atoms with Crippen LogP contribution in [-0.4, -0.2) is 19.9 Å². The van der Waals surface area contributed by atoms with Gasteiger partial charge in [-0.15, -0.1) is 22.7 Å². The topological polar surface area (TPSA) is 51.6 Å². The van der Waals surface area contributed by atoms with E-state index in [1.165, 1.54) is 16.6 Å². The molecule has 4 aromatic heterocycles. The summed E-state index contributed by atoms with van der Waals surface area (Å²) in [5.41, 5.74) is 4.45. The van der Waals surface area contributed by atoms with Gasteiger partial charge in [0.15, 0.2) is 0 Å². The summed E-state index contributed by atoms with van der Waals surface area (Å²) in [7, 11) is 0. The second-order valence-corrected chi connectivity index (χ2v) is 6.56. The first-order valence-corrected chi connectivity index (χ1v) is 8.28. The summed E-state index contributed by atoms with van der Waals surface area (Å²) in [4.78, 5) is 16.1. The minimum atomic E-state index is 0.549. The average molecular weight is 335 g/mol. The molecule has 0 unspecified atom stereocenters. The summed E-state index contributed by atoms with van der Waals surface area (Å²) in [6, 6.07) is 0. The Morgan fingerprint density at radius 1 is 0.905 bits per heavy atom. The first-order chi connectivity index (χ1) is 10.2. The number of aryl methyl sites for hydroxylation is 2. The quantitative estimate of drug-likeness (QED) is 0.439. The highest BCUT2D eigenvalue weighted by atomic mass is 35.5. The van der Waals surface area contributed by atoms with Gasteiger partial charge >= 0.3 is 0 Å². The number of aromatic nitrogens is 4. The summed E-state index contributed by atoms with van der Waals surface area (Å²) >= 11 is 9.10. The van der Waals surface area contributed by atoms with Crippen molar-refractivity contribution in [2.24, 2.45) is 0 Å². The lowest BCUT2D eigenvalue weighted by Gasteiger charge is -1.90. The summed E-state index contributed by atoms with van der Waals surface area (Å²) in [5, 5.41) is 4.68. The molecule has 0 aliphatic heterocycles. The molecule has 0 amide bonds. The van der Waals surface area contributed by atoms with E-state index >= 15 is 0 Å². The number of rotatable bonds is 0. The molecule has 0 aromatic carbocycles. The van der Waals surface area contributed by atoms with Crippen LogP contribution in [0.3, 0.4) is 0 Å². The van der Waals surface area contributed by atoms with E-state index in [2.05, 4.69) is 32.2 Å². The van der Waals surface area contributed by atoms with Gasteiger partial charge in [0, 0.05) is 6.20 Å². The minimum absolute atomic E-state index is 0.549. The minimum Gasteiger partial charge on any atom is -0.243 e. The molecule has 0 saturated heterocycles. The first kappa shape index (κ1) is 14.3. The molecule has 21 heavy (non-hydrogen) atoms. The molecule has 4 nitrogen and oxygen atoms in total. The van der Waals surface area contributed by atoms with Gasteiger partial charge in [-0.25, -0.2) is 19.9 Å². The maximum atomic E-state index is 5.83. The van der Waals surface area contributed by atoms with Crippen LogP contribution in [0.5, 0.6) is 0 Å². The molecular formula is C14H11ClN4S2. The summed E-state index contributed by atoms with van der Waals surface area (Å²) in [5.74, 6) is 0. The second-order valence-electron chi connectivity index (χ2n) is 4.42. The van der Waals surface area contributed by atoms with Crippen molar-refractivity contribution < 1.29 is 0 Å². The number of halogens is 1. The van der Waals surface area contributed by atoms with Gasteiger partial charge in [-0.1, -0.05) is 11.6 Å². The van der Waals surface area contributed by atoms with Crippen LogP contribution in [0, 0.1) is 13.8 Å². The van der Waals surface area contributed by atoms with Gasteiger partial charge in [-0.05, 0) is 35.7 Å². The number of hydrogen-bond acceptors (Lipinski definition) is 6. The van der Waals surface area contributed by atoms with E-state index in [1.54, 1.807) is 29.0 Å². The maximum Gasteiger partial charge on any atom is 0.150 e. The largest absolute Gasteiger partial charge is 0.243 e. The van der Waals surface area contributed by atoms with Crippen molar-refractivity contribution in [1.82, 2.24) is 19.9 Å². The number of fused-ring (bicyclic) bond motifs is 2. The van der Waals surface area contributed by atoms with Crippen molar-refractivity contribution >= 4 is 54.7 Å². The van der Waals surface area contributed by atoms with Gasteiger partial charge in [0.25, 0.3) is 0 Å². The van der Waals surface area contributed by atoms with E-state index in [1.807, 2.05) is 18.5 Å². The molecule has 106 valence electrons. The molecule has 0 radical (unpaired) electrons. The van der Waals surface area contributed by atoms with Crippen molar-refractivity contribution in [2.45, 2.75) is 13.8 Å². The number of hydrogen-bond donors (Lipinski definition) is 0. The molecule has 0 aliphatic carbocycles. The Bertz CT molecular complexity index is 900. The lowest BCUT2D eigenvalue weighted by Crippen LogP contribution is -1.79. The number of nitrogens with zero attached hydrogens (tertiary/aromatic N) is 4. The lowest BCUT2D eigenvalue weighted by molar-refractivity contribution is 1.22. The van der Waals surface area contributed by atoms with Crippen molar-refractivity contribution in [3.8, 4) is 0 Å². The van der Waals surface area contributed by atoms with Gasteiger partial charge in [0.05, 0.1) is 20.4 Å². The van der Waals surface area contributed by atoms with Crippen LogP contribution in [0.2, 0.25) is 5.15 Å². The first-order valence-electron chi connectivity index (χ1n) is 6.15. The van der Waals surface area contributed by atoms with Crippen LogP contribution in [0.25, 0.3) is 20.4 Å². The summed E-state index contributed by atoms with van der Waals surface area (Å²) < 4.78 is 2.15. The second kappa shape index (κ2) is 6.01. The average Bonchev–Trinajstić information content (AvgIpc) is 3.06. The Morgan fingerprint density at radius 2 is 1.62 bits per heavy atom. The lowest BCUT2D eigenvalue weighted by atomic mass is 10.3. The van der Waals surface area contributed by atoms with Crippen LogP contribution in [0.1, 0.15) is 11.1 Å². The van der Waals surface area contributed by atoms with E-state index < -0.39 is 0 Å². The predicted octanol–water partition coefficient (Wildman–Crippen LogP) is 4.65. The highest BCUT2D eigenvalue weighted by molar-refractivity contribution is 7.18. The highest BCUT2D eigenvalue weighted by Crippen LogP contribution is 2.27. The van der Waals surface area contributed by atoms with Crippen LogP contribution in [0.4, 0.5) is 0 Å². The highest BCUT2D eigenvalue weighted by Gasteiger charge is 2.04. The monoisotopic (exact) mass is 334 g/mol. The Kier molecular flexibility index (Phi) is 4.10. The van der Waals surface area contributed by atoms with Crippen molar-refractivity contribution in [3.63, 3.8) is 0 Å². The summed E-state index contributed by atoms with van der Waals surface area (Å²) in [6.07, 6.45) is 4.92. The van der Waals surface area contributed by atoms with Gasteiger partial charge in [-0.3, -0.25) is 0 Å². The molecule has 4 rings (SSSR count). The Hall–Kier alpha value is -1.63. The molecule has 4 aromatic rings. The van der Waals surface area contributed by atoms with Gasteiger partial charge in [-0.2, -0.15) is 0 Å². The Balaban J connectivity index is 0.000000126. The van der Waals surface area contributed by atoms with Crippen LogP contribution < -0.4 is 0 Å². The third-order valence-electron chi connectivity index (χ3n) is 2.90. The Morgan fingerprint density at radius 3 is 2.38 bits per heavy atom. The normalized spacial score (nSPS) is 10.6. The smallest absolute Gasteiger partial charge is 0.150 e. The predicted molar refractivity (Wildman–Crippen MR) is 89.3 cm³/mol. The standard InChI is InChI=1S/C7H5ClN2S.C7H6N2S/c1-4-2-11-6-5(4)9-3-10-7(6)8;1-5-3-10-6-2-8-4-9-7(5)6/h2-3H,1H3;2-4H,1H3. The van der Waals surface area contributed by atoms with E-state index in [0.717, 1.165) is 21.3 Å². The van der Waals surface area contributed by atoms with Gasteiger partial charge in [0.2, 0.25) is 0 Å². The van der Waals surface area contributed by atoms with E-state index in [9.17, 15) is 0 Å². The van der Waals surface area contributed by atoms with Crippen LogP contribution in [-0.2, 0) is 0 Å². The summed E-state index contributed by atoms with van der Waals surface area (Å²) in [6.45, 7) is 4.08.